The molecule has 9 N–H and O–H groups in total. The van der Waals surface area contributed by atoms with Gasteiger partial charge in [0.25, 0.3) is 0 Å². The van der Waals surface area contributed by atoms with Crippen LogP contribution in [0.15, 0.2) is 29.0 Å². The second-order valence-electron chi connectivity index (χ2n) is 14.6. The SMILES string of the molecule is COc1ccc2c3c1OC1C(OC(=O)N(C)C(CNC(=O)C(CCCN=C(N)N)NC(=O)CNC(C)=O)C(=O)N(C)CC(=O)O)=CCC4(O)C(C2)N(C)CCC314. The molecule has 20 nitrogen and oxygen atoms in total. The van der Waals surface area contributed by atoms with Gasteiger partial charge in [-0.2, -0.15) is 0 Å². The van der Waals surface area contributed by atoms with Crippen molar-refractivity contribution in [3.8, 4) is 11.5 Å². The molecule has 2 bridgehead atoms. The molecule has 1 aromatic carbocycles. The Bertz CT molecular complexity index is 1820. The number of carbonyl (C=O) groups is 6. The fraction of sp³-hybridized carbons (Fsp3) is 0.583. The largest absolute Gasteiger partial charge is 0.493 e. The van der Waals surface area contributed by atoms with Gasteiger partial charge in [-0.25, -0.2) is 4.79 Å². The molecule has 0 aromatic heterocycles. The first-order valence-corrected chi connectivity index (χ1v) is 18.2. The third-order valence-electron chi connectivity index (χ3n) is 11.1. The highest BCUT2D eigenvalue weighted by Crippen LogP contribution is 2.65. The van der Waals surface area contributed by atoms with Gasteiger partial charge >= 0.3 is 12.1 Å². The van der Waals surface area contributed by atoms with Gasteiger partial charge in [-0.05, 0) is 57.0 Å². The molecule has 1 spiro atoms. The van der Waals surface area contributed by atoms with Gasteiger partial charge in [0.05, 0.1) is 24.7 Å². The van der Waals surface area contributed by atoms with E-state index in [9.17, 15) is 39.0 Å². The molecule has 1 saturated heterocycles. The fourth-order valence-electron chi connectivity index (χ4n) is 8.36. The fourth-order valence-corrected chi connectivity index (χ4v) is 8.36. The van der Waals surface area contributed by atoms with Crippen molar-refractivity contribution in [3.05, 3.63) is 35.1 Å². The van der Waals surface area contributed by atoms with Gasteiger partial charge in [-0.1, -0.05) is 6.07 Å². The lowest BCUT2D eigenvalue weighted by atomic mass is 9.50. The molecule has 5 rings (SSSR count). The number of hydrogen-bond acceptors (Lipinski definition) is 12. The number of aliphatic imine (C=N–C) groups is 1. The Labute approximate surface area is 323 Å². The molecule has 56 heavy (non-hydrogen) atoms. The van der Waals surface area contributed by atoms with Gasteiger partial charge in [-0.3, -0.25) is 33.9 Å². The molecular weight excluding hydrogens is 734 g/mol. The van der Waals surface area contributed by atoms with Crippen LogP contribution in [0, 0.1) is 0 Å². The van der Waals surface area contributed by atoms with E-state index < -0.39 is 84.5 Å². The molecule has 6 atom stereocenters. The normalized spacial score (nSPS) is 23.8. The maximum atomic E-state index is 14.0. The summed E-state index contributed by atoms with van der Waals surface area (Å²) in [6.45, 7) is 0.376. The van der Waals surface area contributed by atoms with Crippen LogP contribution in [0.25, 0.3) is 0 Å². The number of nitrogens with zero attached hydrogens (tertiary/aromatic N) is 4. The first-order valence-electron chi connectivity index (χ1n) is 18.2. The van der Waals surface area contributed by atoms with Crippen molar-refractivity contribution in [2.45, 2.75) is 74.3 Å². The van der Waals surface area contributed by atoms with E-state index in [-0.39, 0.29) is 43.6 Å². The lowest BCUT2D eigenvalue weighted by molar-refractivity contribution is -0.163. The number of amides is 5. The van der Waals surface area contributed by atoms with Crippen molar-refractivity contribution in [1.29, 1.82) is 0 Å². The number of carboxylic acids is 1. The van der Waals surface area contributed by atoms with E-state index in [1.165, 1.54) is 28.1 Å². The van der Waals surface area contributed by atoms with Gasteiger partial charge in [0, 0.05) is 52.1 Å². The number of rotatable bonds is 16. The Morgan fingerprint density at radius 2 is 1.89 bits per heavy atom. The molecule has 2 aliphatic heterocycles. The molecule has 2 heterocycles. The lowest BCUT2D eigenvalue weighted by Gasteiger charge is -2.61. The van der Waals surface area contributed by atoms with Crippen molar-refractivity contribution in [2.75, 3.05) is 61.0 Å². The summed E-state index contributed by atoms with van der Waals surface area (Å²) >= 11 is 0. The van der Waals surface area contributed by atoms with E-state index in [1.807, 2.05) is 19.2 Å². The van der Waals surface area contributed by atoms with Crippen LogP contribution in [0.3, 0.4) is 0 Å². The number of likely N-dealkylation sites (N-methyl/N-ethyl adjacent to an activating group) is 3. The Hall–Kier alpha value is -5.63. The van der Waals surface area contributed by atoms with E-state index >= 15 is 0 Å². The van der Waals surface area contributed by atoms with Gasteiger partial charge in [0.15, 0.2) is 23.6 Å². The predicted octanol–water partition coefficient (Wildman–Crippen LogP) is -2.26. The number of aliphatic carboxylic acids is 1. The highest BCUT2D eigenvalue weighted by molar-refractivity contribution is 5.91. The zero-order valence-electron chi connectivity index (χ0n) is 32.1. The number of ether oxygens (including phenoxy) is 3. The van der Waals surface area contributed by atoms with E-state index in [0.29, 0.717) is 30.9 Å². The molecule has 0 radical (unpaired) electrons. The van der Waals surface area contributed by atoms with Crippen LogP contribution in [-0.2, 0) is 40.5 Å². The number of nitrogens with two attached hydrogens (primary N) is 2. The third-order valence-corrected chi connectivity index (χ3v) is 11.1. The average Bonchev–Trinajstić information content (AvgIpc) is 3.50. The number of benzene rings is 1. The van der Waals surface area contributed by atoms with Gasteiger partial charge in [0.1, 0.15) is 24.4 Å². The molecule has 6 unspecified atom stereocenters. The Balaban J connectivity index is 1.38. The van der Waals surface area contributed by atoms with Crippen molar-refractivity contribution in [2.24, 2.45) is 16.5 Å². The number of nitrogens with one attached hydrogen (secondary N) is 3. The Kier molecular flexibility index (Phi) is 12.3. The van der Waals surface area contributed by atoms with Crippen LogP contribution in [0.1, 0.15) is 43.7 Å². The van der Waals surface area contributed by atoms with E-state index in [0.717, 1.165) is 20.9 Å². The number of hydrogen-bond donors (Lipinski definition) is 7. The first-order chi connectivity index (χ1) is 26.4. The minimum Gasteiger partial charge on any atom is -0.493 e. The monoisotopic (exact) mass is 785 g/mol. The molecule has 306 valence electrons. The van der Waals surface area contributed by atoms with Crippen LogP contribution in [0.2, 0.25) is 0 Å². The molecular formula is C36H51N9O11. The standard InChI is InChI=1S/C36H51N9O11/c1-19(46)40-17-26(47)42-21(7-6-13-39-33(37)38)31(50)41-16-22(32(51)44(3)18-27(48)49)45(4)34(52)55-24-10-11-36(53)25-15-20-8-9-23(54-5)29-28(20)35(36,30(24)56-29)12-14-43(25)2/h8-10,21-22,25,30,53H,6-7,11-18H2,1-5H3,(H,40,46)(H,41,50)(H,42,47)(H,48,49)(H4,37,38,39). The van der Waals surface area contributed by atoms with Crippen LogP contribution in [-0.4, -0.2) is 157 Å². The minimum absolute atomic E-state index is 0.0546. The summed E-state index contributed by atoms with van der Waals surface area (Å²) in [5.74, 6) is -3.11. The molecule has 0 saturated carbocycles. The molecule has 20 heteroatoms. The van der Waals surface area contributed by atoms with Crippen LogP contribution < -0.4 is 36.9 Å². The van der Waals surface area contributed by atoms with Crippen molar-refractivity contribution < 1.29 is 53.2 Å². The molecule has 2 aliphatic carbocycles. The number of carboxylic acid groups (broad SMARTS) is 1. The van der Waals surface area contributed by atoms with E-state index in [1.54, 1.807) is 6.08 Å². The minimum atomic E-state index is -1.48. The Morgan fingerprint density at radius 3 is 2.55 bits per heavy atom. The topological polar surface area (TPSA) is 281 Å². The number of aliphatic hydroxyl groups is 1. The van der Waals surface area contributed by atoms with Crippen LogP contribution >= 0.6 is 0 Å². The summed E-state index contributed by atoms with van der Waals surface area (Å²) in [4.78, 5) is 84.5. The van der Waals surface area contributed by atoms with Gasteiger partial charge in [-0.15, -0.1) is 0 Å². The number of carbonyl (C=O) groups excluding carboxylic acids is 5. The van der Waals surface area contributed by atoms with Crippen molar-refractivity contribution >= 4 is 41.7 Å². The number of guanidine groups is 1. The second kappa shape index (κ2) is 16.6. The molecule has 1 aromatic rings. The summed E-state index contributed by atoms with van der Waals surface area (Å²) in [6.07, 6.45) is 1.20. The second-order valence-corrected chi connectivity index (χ2v) is 14.6. The zero-order chi connectivity index (χ0) is 41.1. The number of piperidine rings is 1. The summed E-state index contributed by atoms with van der Waals surface area (Å²) in [6, 6.07) is 0.884. The maximum Gasteiger partial charge on any atom is 0.415 e. The van der Waals surface area contributed by atoms with E-state index in [2.05, 4.69) is 25.8 Å². The Morgan fingerprint density at radius 1 is 1.16 bits per heavy atom. The summed E-state index contributed by atoms with van der Waals surface area (Å²) < 4.78 is 18.2. The number of likely N-dealkylation sites (tertiary alicyclic amines) is 1. The highest BCUT2D eigenvalue weighted by Gasteiger charge is 2.72. The molecule has 4 aliphatic rings. The summed E-state index contributed by atoms with van der Waals surface area (Å²) in [5.41, 5.74) is 10.4. The van der Waals surface area contributed by atoms with Gasteiger partial charge in [0.2, 0.25) is 23.6 Å². The predicted molar refractivity (Wildman–Crippen MR) is 198 cm³/mol. The number of methoxy groups -OCH3 is 1. The third kappa shape index (κ3) is 7.88. The first kappa shape index (κ1) is 41.5. The quantitative estimate of drug-likeness (QED) is 0.0530. The molecule has 1 fully saturated rings. The van der Waals surface area contributed by atoms with Gasteiger partial charge < -0.3 is 61.6 Å². The van der Waals surface area contributed by atoms with E-state index in [4.69, 9.17) is 25.7 Å². The summed E-state index contributed by atoms with van der Waals surface area (Å²) in [7, 11) is 5.99. The highest BCUT2D eigenvalue weighted by atomic mass is 16.6. The zero-order valence-corrected chi connectivity index (χ0v) is 32.1. The van der Waals surface area contributed by atoms with Crippen molar-refractivity contribution in [1.82, 2.24) is 30.7 Å². The van der Waals surface area contributed by atoms with Crippen molar-refractivity contribution in [3.63, 3.8) is 0 Å². The lowest BCUT2D eigenvalue weighted by Crippen LogP contribution is -2.74. The summed E-state index contributed by atoms with van der Waals surface area (Å²) in [5, 5.41) is 29.4. The van der Waals surface area contributed by atoms with Crippen LogP contribution in [0.5, 0.6) is 11.5 Å². The molecule has 5 amide bonds. The van der Waals surface area contributed by atoms with Crippen LogP contribution in [0.4, 0.5) is 4.79 Å². The average molecular weight is 786 g/mol. The smallest absolute Gasteiger partial charge is 0.415 e. The maximum absolute atomic E-state index is 14.0.